The van der Waals surface area contributed by atoms with Gasteiger partial charge in [-0.25, -0.2) is 0 Å². The first-order valence-corrected chi connectivity index (χ1v) is 12.6. The van der Waals surface area contributed by atoms with Crippen LogP contribution in [0, 0.1) is 0 Å². The molecular weight excluding hydrogens is 442 g/mol. The Morgan fingerprint density at radius 3 is 2.69 bits per heavy atom. The molecule has 0 amide bonds. The number of hydrogen-bond acceptors (Lipinski definition) is 6. The number of carbonyl (C=O) groups is 1. The lowest BCUT2D eigenvalue weighted by atomic mass is 9.79. The fraction of sp³-hybridized carbons (Fsp3) is 0.464. The van der Waals surface area contributed by atoms with E-state index >= 15 is 0 Å². The topological polar surface area (TPSA) is 78.0 Å². The molecule has 7 heteroatoms. The number of para-hydroxylation sites is 1. The van der Waals surface area contributed by atoms with E-state index in [2.05, 4.69) is 45.1 Å². The lowest BCUT2D eigenvalue weighted by Gasteiger charge is -2.52. The van der Waals surface area contributed by atoms with Crippen molar-refractivity contribution in [2.45, 2.75) is 56.0 Å². The van der Waals surface area contributed by atoms with Crippen molar-refractivity contribution in [1.29, 1.82) is 0 Å². The minimum atomic E-state index is -0.363. The van der Waals surface area contributed by atoms with Gasteiger partial charge in [0.25, 0.3) is 0 Å². The maximum absolute atomic E-state index is 13.2. The van der Waals surface area contributed by atoms with Crippen LogP contribution in [0.3, 0.4) is 0 Å². The van der Waals surface area contributed by atoms with Crippen LogP contribution in [-0.2, 0) is 16.0 Å². The number of nitrogens with one attached hydrogen (secondary N) is 1. The van der Waals surface area contributed by atoms with E-state index in [1.807, 2.05) is 18.2 Å². The van der Waals surface area contributed by atoms with Crippen LogP contribution in [0.25, 0.3) is 10.9 Å². The first-order valence-electron chi connectivity index (χ1n) is 12.6. The van der Waals surface area contributed by atoms with E-state index in [-0.39, 0.29) is 30.2 Å². The van der Waals surface area contributed by atoms with Gasteiger partial charge >= 0.3 is 5.97 Å². The molecule has 7 nitrogen and oxygen atoms in total. The summed E-state index contributed by atoms with van der Waals surface area (Å²) in [5.41, 5.74) is 4.69. The zero-order valence-electron chi connectivity index (χ0n) is 20.3. The lowest BCUT2D eigenvalue weighted by molar-refractivity contribution is -0.152. The van der Waals surface area contributed by atoms with Crippen molar-refractivity contribution in [1.82, 2.24) is 14.8 Å². The molecule has 2 fully saturated rings. The van der Waals surface area contributed by atoms with Gasteiger partial charge in [0.05, 0.1) is 26.4 Å². The number of nitrogens with zero attached hydrogens (tertiary/aromatic N) is 2. The molecule has 3 aliphatic rings. The predicted molar refractivity (Wildman–Crippen MR) is 133 cm³/mol. The monoisotopic (exact) mass is 475 g/mol. The molecule has 0 unspecified atom stereocenters. The van der Waals surface area contributed by atoms with Gasteiger partial charge in [-0.3, -0.25) is 14.6 Å². The van der Waals surface area contributed by atoms with Crippen LogP contribution in [0.5, 0.6) is 5.75 Å². The molecule has 0 bridgehead atoms. The SMILES string of the molecule is COC(=O)[C@@H]1Cc2c([nH]c3ccccc23)[C@H]2C[C@@H](N3CC[C@@H](O)C3)C[C@@H](c3cccc(OC)c3)N21. The fourth-order valence-corrected chi connectivity index (χ4v) is 6.69. The summed E-state index contributed by atoms with van der Waals surface area (Å²) >= 11 is 0. The number of β-amino-alcohol motifs (C(OH)–C–C–N with tert-alkyl or cyclic N) is 1. The van der Waals surface area contributed by atoms with E-state index in [9.17, 15) is 9.90 Å². The number of aromatic amines is 1. The first kappa shape index (κ1) is 22.6. The second kappa shape index (κ2) is 8.97. The number of methoxy groups -OCH3 is 2. The summed E-state index contributed by atoms with van der Waals surface area (Å²) in [7, 11) is 3.17. The smallest absolute Gasteiger partial charge is 0.323 e. The molecule has 2 aromatic carbocycles. The summed E-state index contributed by atoms with van der Waals surface area (Å²) in [5, 5.41) is 11.5. The maximum Gasteiger partial charge on any atom is 0.323 e. The summed E-state index contributed by atoms with van der Waals surface area (Å²) < 4.78 is 10.9. The standard InChI is InChI=1S/C28H33N3O4/c1-34-20-7-5-6-17(12-20)24-13-18(30-11-10-19(32)16-30)14-25-27-22(15-26(31(24)25)28(33)35-2)21-8-3-4-9-23(21)29-27/h3-9,12,18-19,24-26,29,32H,10-11,13-16H2,1-2H3/t18-,19+,24-,25+,26-/m0/s1. The number of carbonyl (C=O) groups excluding carboxylic acids is 1. The van der Waals surface area contributed by atoms with Gasteiger partial charge < -0.3 is 19.6 Å². The van der Waals surface area contributed by atoms with E-state index in [1.54, 1.807) is 7.11 Å². The quantitative estimate of drug-likeness (QED) is 0.562. The number of piperidine rings is 1. The third-order valence-corrected chi connectivity index (χ3v) is 8.31. The molecule has 35 heavy (non-hydrogen) atoms. The average molecular weight is 476 g/mol. The molecule has 1 aromatic heterocycles. The minimum absolute atomic E-state index is 0.0234. The van der Waals surface area contributed by atoms with Crippen LogP contribution in [-0.4, -0.2) is 71.4 Å². The largest absolute Gasteiger partial charge is 0.497 e. The van der Waals surface area contributed by atoms with Crippen LogP contribution in [0.4, 0.5) is 0 Å². The number of H-pyrrole nitrogens is 1. The summed E-state index contributed by atoms with van der Waals surface area (Å²) in [6.45, 7) is 1.62. The third-order valence-electron chi connectivity index (χ3n) is 8.31. The number of aliphatic hydroxyl groups is 1. The molecule has 3 aliphatic heterocycles. The Morgan fingerprint density at radius 2 is 1.91 bits per heavy atom. The van der Waals surface area contributed by atoms with Crippen molar-refractivity contribution in [3.05, 3.63) is 65.4 Å². The van der Waals surface area contributed by atoms with E-state index in [1.165, 1.54) is 23.8 Å². The highest BCUT2D eigenvalue weighted by atomic mass is 16.5. The van der Waals surface area contributed by atoms with Crippen LogP contribution in [0.2, 0.25) is 0 Å². The second-order valence-corrected chi connectivity index (χ2v) is 10.1. The molecule has 0 aliphatic carbocycles. The van der Waals surface area contributed by atoms with Gasteiger partial charge in [0.2, 0.25) is 0 Å². The summed E-state index contributed by atoms with van der Waals surface area (Å²) in [4.78, 5) is 21.8. The molecule has 2 saturated heterocycles. The zero-order valence-corrected chi connectivity index (χ0v) is 20.3. The minimum Gasteiger partial charge on any atom is -0.497 e. The Kier molecular flexibility index (Phi) is 5.79. The highest BCUT2D eigenvalue weighted by Crippen LogP contribution is 2.50. The van der Waals surface area contributed by atoms with E-state index < -0.39 is 0 Å². The van der Waals surface area contributed by atoms with Gasteiger partial charge in [0, 0.05) is 48.2 Å². The van der Waals surface area contributed by atoms with Crippen molar-refractivity contribution < 1.29 is 19.4 Å². The number of ether oxygens (including phenoxy) is 2. The van der Waals surface area contributed by atoms with E-state index in [4.69, 9.17) is 9.47 Å². The highest BCUT2D eigenvalue weighted by Gasteiger charge is 2.49. The molecule has 4 heterocycles. The molecule has 6 rings (SSSR count). The molecule has 3 aromatic rings. The van der Waals surface area contributed by atoms with Crippen molar-refractivity contribution in [3.63, 3.8) is 0 Å². The number of likely N-dealkylation sites (tertiary alicyclic amines) is 1. The predicted octanol–water partition coefficient (Wildman–Crippen LogP) is 3.59. The highest BCUT2D eigenvalue weighted by molar-refractivity contribution is 5.87. The lowest BCUT2D eigenvalue weighted by Crippen LogP contribution is -2.56. The van der Waals surface area contributed by atoms with Crippen LogP contribution in [0.1, 0.15) is 48.2 Å². The molecule has 5 atom stereocenters. The van der Waals surface area contributed by atoms with Crippen molar-refractivity contribution in [3.8, 4) is 5.75 Å². The molecule has 0 radical (unpaired) electrons. The average Bonchev–Trinajstić information content (AvgIpc) is 3.50. The molecule has 2 N–H and O–H groups in total. The first-order chi connectivity index (χ1) is 17.1. The van der Waals surface area contributed by atoms with Crippen molar-refractivity contribution >= 4 is 16.9 Å². The van der Waals surface area contributed by atoms with Gasteiger partial charge in [-0.15, -0.1) is 0 Å². The Bertz CT molecular complexity index is 1240. The van der Waals surface area contributed by atoms with E-state index in [0.717, 1.165) is 42.6 Å². The molecule has 184 valence electrons. The van der Waals surface area contributed by atoms with Gasteiger partial charge in [0.1, 0.15) is 11.8 Å². The van der Waals surface area contributed by atoms with Gasteiger partial charge in [0.15, 0.2) is 0 Å². The summed E-state index contributed by atoms with van der Waals surface area (Å²) in [5.74, 6) is 0.629. The number of hydrogen-bond donors (Lipinski definition) is 2. The molecule has 0 saturated carbocycles. The molecular formula is C28H33N3O4. The second-order valence-electron chi connectivity index (χ2n) is 10.1. The number of aliphatic hydroxyl groups excluding tert-OH is 1. The Hall–Kier alpha value is -2.87. The van der Waals surface area contributed by atoms with Crippen molar-refractivity contribution in [2.75, 3.05) is 27.3 Å². The molecule has 0 spiro atoms. The fourth-order valence-electron chi connectivity index (χ4n) is 6.69. The number of rotatable bonds is 4. The van der Waals surface area contributed by atoms with Crippen LogP contribution in [0.15, 0.2) is 48.5 Å². The van der Waals surface area contributed by atoms with Gasteiger partial charge in [-0.2, -0.15) is 0 Å². The Morgan fingerprint density at radius 1 is 1.09 bits per heavy atom. The van der Waals surface area contributed by atoms with Crippen LogP contribution < -0.4 is 4.74 Å². The van der Waals surface area contributed by atoms with Gasteiger partial charge in [-0.05, 0) is 48.6 Å². The Balaban J connectivity index is 1.49. The summed E-state index contributed by atoms with van der Waals surface area (Å²) in [6, 6.07) is 16.6. The van der Waals surface area contributed by atoms with E-state index in [0.29, 0.717) is 19.0 Å². The number of benzene rings is 2. The van der Waals surface area contributed by atoms with Gasteiger partial charge in [-0.1, -0.05) is 30.3 Å². The maximum atomic E-state index is 13.2. The summed E-state index contributed by atoms with van der Waals surface area (Å²) in [6.07, 6.45) is 2.97. The number of aromatic nitrogens is 1. The number of esters is 1. The Labute approximate surface area is 205 Å². The van der Waals surface area contributed by atoms with Crippen LogP contribution >= 0.6 is 0 Å². The normalized spacial score (nSPS) is 29.1. The third kappa shape index (κ3) is 3.82. The van der Waals surface area contributed by atoms with Crippen molar-refractivity contribution in [2.24, 2.45) is 0 Å². The number of fused-ring (bicyclic) bond motifs is 5. The zero-order chi connectivity index (χ0) is 24.1.